The predicted molar refractivity (Wildman–Crippen MR) is 46.3 cm³/mol. The number of nitrogens with one attached hydrogen (secondary N) is 1. The van der Waals surface area contributed by atoms with E-state index in [1.54, 1.807) is 0 Å². The van der Waals surface area contributed by atoms with Gasteiger partial charge in [0.25, 0.3) is 0 Å². The maximum atomic E-state index is 10.6. The minimum Gasteiger partial charge on any atom is -0.353 e. The van der Waals surface area contributed by atoms with Crippen LogP contribution < -0.4 is 5.32 Å². The highest BCUT2D eigenvalue weighted by Gasteiger charge is 2.10. The number of amides is 1. The van der Waals surface area contributed by atoms with Gasteiger partial charge < -0.3 is 5.32 Å². The minimum absolute atomic E-state index is 0.0211. The van der Waals surface area contributed by atoms with E-state index < -0.39 is 0 Å². The Labute approximate surface area is 67.8 Å². The lowest BCUT2D eigenvalue weighted by molar-refractivity contribution is -0.119. The highest BCUT2D eigenvalue weighted by Crippen LogP contribution is 2.02. The van der Waals surface area contributed by atoms with Crippen molar-refractivity contribution in [2.75, 3.05) is 5.75 Å². The van der Waals surface area contributed by atoms with Crippen LogP contribution in [0.5, 0.6) is 0 Å². The van der Waals surface area contributed by atoms with Crippen LogP contribution in [0.25, 0.3) is 0 Å². The number of hydrogen-bond donors (Lipinski definition) is 2. The van der Waals surface area contributed by atoms with Crippen molar-refractivity contribution in [3.8, 4) is 0 Å². The van der Waals surface area contributed by atoms with Crippen molar-refractivity contribution in [1.82, 2.24) is 5.32 Å². The van der Waals surface area contributed by atoms with Crippen molar-refractivity contribution in [1.29, 1.82) is 0 Å². The highest BCUT2D eigenvalue weighted by molar-refractivity contribution is 7.80. The van der Waals surface area contributed by atoms with Gasteiger partial charge in [0, 0.05) is 18.7 Å². The lowest BCUT2D eigenvalue weighted by Crippen LogP contribution is -2.38. The van der Waals surface area contributed by atoms with Crippen molar-refractivity contribution >= 4 is 18.5 Å². The van der Waals surface area contributed by atoms with Crippen LogP contribution in [0.4, 0.5) is 0 Å². The second-order valence-electron chi connectivity index (χ2n) is 2.73. The van der Waals surface area contributed by atoms with Crippen LogP contribution in [0.2, 0.25) is 0 Å². The number of rotatable bonds is 3. The van der Waals surface area contributed by atoms with Gasteiger partial charge in [-0.2, -0.15) is 12.6 Å². The first kappa shape index (κ1) is 9.82. The molecule has 0 aliphatic rings. The van der Waals surface area contributed by atoms with Gasteiger partial charge in [0.1, 0.15) is 0 Å². The summed E-state index contributed by atoms with van der Waals surface area (Å²) in [6.07, 6.45) is 0. The van der Waals surface area contributed by atoms with E-state index in [2.05, 4.69) is 31.8 Å². The molecule has 1 N–H and O–H groups in total. The van der Waals surface area contributed by atoms with Gasteiger partial charge in [-0.15, -0.1) is 0 Å². The van der Waals surface area contributed by atoms with Gasteiger partial charge in [-0.3, -0.25) is 4.79 Å². The summed E-state index contributed by atoms with van der Waals surface area (Å²) in [5.41, 5.74) is 0. The first-order valence-electron chi connectivity index (χ1n) is 3.46. The lowest BCUT2D eigenvalue weighted by Gasteiger charge is -2.18. The van der Waals surface area contributed by atoms with Gasteiger partial charge in [0.15, 0.2) is 0 Å². The standard InChI is InChI=1S/C7H15NOS/c1-5(2)7(4-10)8-6(3)9/h5,7,10H,4H2,1-3H3,(H,8,9)/t7-/m1/s1. The maximum Gasteiger partial charge on any atom is 0.217 e. The van der Waals surface area contributed by atoms with Crippen molar-refractivity contribution in [3.05, 3.63) is 0 Å². The lowest BCUT2D eigenvalue weighted by atomic mass is 10.1. The van der Waals surface area contributed by atoms with E-state index in [1.807, 2.05) is 0 Å². The molecule has 0 aromatic carbocycles. The third-order valence-electron chi connectivity index (χ3n) is 1.39. The molecule has 0 aliphatic heterocycles. The summed E-state index contributed by atoms with van der Waals surface area (Å²) in [7, 11) is 0. The molecule has 0 aromatic rings. The fourth-order valence-electron chi connectivity index (χ4n) is 0.684. The van der Waals surface area contributed by atoms with E-state index in [4.69, 9.17) is 0 Å². The first-order valence-corrected chi connectivity index (χ1v) is 4.09. The van der Waals surface area contributed by atoms with Crippen LogP contribution in [0.15, 0.2) is 0 Å². The molecule has 10 heavy (non-hydrogen) atoms. The summed E-state index contributed by atoms with van der Waals surface area (Å²) >= 11 is 4.11. The van der Waals surface area contributed by atoms with Crippen LogP contribution in [0, 0.1) is 5.92 Å². The molecule has 0 spiro atoms. The van der Waals surface area contributed by atoms with Crippen LogP contribution in [-0.2, 0) is 4.79 Å². The Morgan fingerprint density at radius 3 is 2.20 bits per heavy atom. The number of carbonyl (C=O) groups is 1. The topological polar surface area (TPSA) is 29.1 Å². The summed E-state index contributed by atoms with van der Waals surface area (Å²) in [6.45, 7) is 5.66. The first-order chi connectivity index (χ1) is 4.57. The van der Waals surface area contributed by atoms with Crippen LogP contribution in [0.3, 0.4) is 0 Å². The molecule has 0 rings (SSSR count). The van der Waals surface area contributed by atoms with Crippen LogP contribution >= 0.6 is 12.6 Å². The van der Waals surface area contributed by atoms with E-state index in [-0.39, 0.29) is 11.9 Å². The quantitative estimate of drug-likeness (QED) is 0.596. The smallest absolute Gasteiger partial charge is 0.217 e. The third-order valence-corrected chi connectivity index (χ3v) is 1.78. The summed E-state index contributed by atoms with van der Waals surface area (Å²) in [5, 5.41) is 2.81. The second kappa shape index (κ2) is 4.61. The van der Waals surface area contributed by atoms with Gasteiger partial charge in [-0.05, 0) is 5.92 Å². The van der Waals surface area contributed by atoms with Crippen molar-refractivity contribution in [3.63, 3.8) is 0 Å². The van der Waals surface area contributed by atoms with Crippen molar-refractivity contribution in [2.24, 2.45) is 5.92 Å². The molecule has 0 fully saturated rings. The fourth-order valence-corrected chi connectivity index (χ4v) is 1.20. The van der Waals surface area contributed by atoms with Crippen LogP contribution in [0.1, 0.15) is 20.8 Å². The molecule has 0 aromatic heterocycles. The average molecular weight is 161 g/mol. The molecule has 3 heteroatoms. The Kier molecular flexibility index (Phi) is 4.52. The molecule has 2 nitrogen and oxygen atoms in total. The Morgan fingerprint density at radius 2 is 2.10 bits per heavy atom. The van der Waals surface area contributed by atoms with Crippen molar-refractivity contribution in [2.45, 2.75) is 26.8 Å². The van der Waals surface area contributed by atoms with Gasteiger partial charge in [0.05, 0.1) is 0 Å². The number of hydrogen-bond acceptors (Lipinski definition) is 2. The molecular formula is C7H15NOS. The monoisotopic (exact) mass is 161 g/mol. The van der Waals surface area contributed by atoms with E-state index in [9.17, 15) is 4.79 Å². The molecule has 0 heterocycles. The summed E-state index contributed by atoms with van der Waals surface area (Å²) in [6, 6.07) is 0.209. The Hall–Kier alpha value is -0.180. The van der Waals surface area contributed by atoms with E-state index in [0.717, 1.165) is 0 Å². The molecule has 1 amide bonds. The molecular weight excluding hydrogens is 146 g/mol. The molecule has 0 aliphatic carbocycles. The number of carbonyl (C=O) groups excluding carboxylic acids is 1. The molecule has 0 saturated heterocycles. The molecule has 1 atom stereocenters. The molecule has 60 valence electrons. The summed E-state index contributed by atoms with van der Waals surface area (Å²) in [4.78, 5) is 10.6. The summed E-state index contributed by atoms with van der Waals surface area (Å²) < 4.78 is 0. The number of thiol groups is 1. The maximum absolute atomic E-state index is 10.6. The Bertz CT molecular complexity index is 114. The molecule has 0 saturated carbocycles. The van der Waals surface area contributed by atoms with E-state index in [0.29, 0.717) is 11.7 Å². The van der Waals surface area contributed by atoms with Crippen molar-refractivity contribution < 1.29 is 4.79 Å². The SMILES string of the molecule is CC(=O)N[C@H](CS)C(C)C. The average Bonchev–Trinajstić information content (AvgIpc) is 1.81. The van der Waals surface area contributed by atoms with Gasteiger partial charge >= 0.3 is 0 Å². The molecule has 0 radical (unpaired) electrons. The van der Waals surface area contributed by atoms with Crippen LogP contribution in [-0.4, -0.2) is 17.7 Å². The van der Waals surface area contributed by atoms with E-state index in [1.165, 1.54) is 6.92 Å². The molecule has 0 unspecified atom stereocenters. The minimum atomic E-state index is 0.0211. The largest absolute Gasteiger partial charge is 0.353 e. The van der Waals surface area contributed by atoms with Gasteiger partial charge in [-0.25, -0.2) is 0 Å². The predicted octanol–water partition coefficient (Wildman–Crippen LogP) is 1.08. The zero-order valence-corrected chi connectivity index (χ0v) is 7.61. The third kappa shape index (κ3) is 3.77. The Balaban J connectivity index is 3.71. The normalized spacial score (nSPS) is 13.3. The molecule has 0 bridgehead atoms. The van der Waals surface area contributed by atoms with Gasteiger partial charge in [0.2, 0.25) is 5.91 Å². The van der Waals surface area contributed by atoms with E-state index >= 15 is 0 Å². The zero-order valence-electron chi connectivity index (χ0n) is 6.72. The second-order valence-corrected chi connectivity index (χ2v) is 3.10. The summed E-state index contributed by atoms with van der Waals surface area (Å²) in [5.74, 6) is 1.19. The highest BCUT2D eigenvalue weighted by atomic mass is 32.1. The Morgan fingerprint density at radius 1 is 1.60 bits per heavy atom. The van der Waals surface area contributed by atoms with Gasteiger partial charge in [-0.1, -0.05) is 13.8 Å². The fraction of sp³-hybridized carbons (Fsp3) is 0.857. The zero-order chi connectivity index (χ0) is 8.15.